The van der Waals surface area contributed by atoms with Gasteiger partial charge in [-0.25, -0.2) is 13.8 Å². The van der Waals surface area contributed by atoms with Gasteiger partial charge < -0.3 is 30.0 Å². The molecule has 220 valence electrons. The van der Waals surface area contributed by atoms with Crippen molar-refractivity contribution in [3.63, 3.8) is 0 Å². The SMILES string of the molecule is CC(C)n1c(CCC(O)CC(O)CC(=O)[O-])c(-c2ccc(F)cc2)c(-c2ccc(F)cc2)c1C(=O)Nc1ccccn1.[Na+]. The van der Waals surface area contributed by atoms with E-state index in [2.05, 4.69) is 10.3 Å². The molecule has 0 radical (unpaired) electrons. The number of aliphatic carboxylic acids is 1. The van der Waals surface area contributed by atoms with Crippen LogP contribution in [0.1, 0.15) is 55.3 Å². The topological polar surface area (TPSA) is 128 Å². The summed E-state index contributed by atoms with van der Waals surface area (Å²) >= 11 is 0. The van der Waals surface area contributed by atoms with E-state index in [1.807, 2.05) is 18.4 Å². The van der Waals surface area contributed by atoms with Crippen LogP contribution in [0.4, 0.5) is 14.6 Å². The standard InChI is InChI=1S/C32H33F2N3O5.Na/c1-19(2)37-26(15-14-24(38)17-25(39)18-28(40)41)29(20-6-10-22(33)11-7-20)30(21-8-12-23(34)13-9-21)31(37)32(42)36-27-5-3-4-16-35-27;/h3-13,16,19,24-25,38-39H,14-15,17-18H2,1-2H3,(H,40,41)(H,35,36,42);/q;+1/p-1. The molecule has 11 heteroatoms. The summed E-state index contributed by atoms with van der Waals surface area (Å²) in [6, 6.07) is 16.3. The third-order valence-electron chi connectivity index (χ3n) is 6.87. The average Bonchev–Trinajstić information content (AvgIpc) is 3.28. The molecule has 2 aromatic carbocycles. The Balaban J connectivity index is 0.00000506. The molecule has 0 aliphatic heterocycles. The van der Waals surface area contributed by atoms with E-state index in [-0.39, 0.29) is 60.6 Å². The van der Waals surface area contributed by atoms with Crippen molar-refractivity contribution in [1.82, 2.24) is 9.55 Å². The zero-order chi connectivity index (χ0) is 30.4. The van der Waals surface area contributed by atoms with Gasteiger partial charge in [-0.15, -0.1) is 0 Å². The van der Waals surface area contributed by atoms with Gasteiger partial charge in [-0.2, -0.15) is 0 Å². The number of amides is 1. The number of carboxylic acid groups (broad SMARTS) is 1. The molecule has 2 atom stereocenters. The van der Waals surface area contributed by atoms with Gasteiger partial charge in [0.2, 0.25) is 0 Å². The van der Waals surface area contributed by atoms with Crippen molar-refractivity contribution in [3.05, 3.63) is 95.9 Å². The second kappa shape index (κ2) is 15.4. The van der Waals surface area contributed by atoms with E-state index in [4.69, 9.17) is 0 Å². The van der Waals surface area contributed by atoms with Crippen molar-refractivity contribution in [3.8, 4) is 22.3 Å². The normalized spacial score (nSPS) is 12.4. The number of carbonyl (C=O) groups is 2. The number of carboxylic acids is 1. The largest absolute Gasteiger partial charge is 1.00 e. The molecule has 1 amide bonds. The number of benzene rings is 2. The molecule has 0 bridgehead atoms. The molecule has 0 aliphatic carbocycles. The minimum absolute atomic E-state index is 0. The maximum atomic E-state index is 14.0. The number of nitrogens with one attached hydrogen (secondary N) is 1. The van der Waals surface area contributed by atoms with Crippen molar-refractivity contribution in [2.24, 2.45) is 0 Å². The summed E-state index contributed by atoms with van der Waals surface area (Å²) in [6.07, 6.45) is -1.24. The number of halogens is 2. The Hall–Kier alpha value is -3.41. The number of nitrogens with zero attached hydrogens (tertiary/aromatic N) is 2. The van der Waals surface area contributed by atoms with E-state index in [0.717, 1.165) is 0 Å². The van der Waals surface area contributed by atoms with Gasteiger partial charge in [0.1, 0.15) is 23.1 Å². The molecule has 2 heterocycles. The molecule has 43 heavy (non-hydrogen) atoms. The summed E-state index contributed by atoms with van der Waals surface area (Å²) in [7, 11) is 0. The summed E-state index contributed by atoms with van der Waals surface area (Å²) in [5, 5.41) is 34.4. The van der Waals surface area contributed by atoms with Gasteiger partial charge in [0, 0.05) is 41.4 Å². The Morgan fingerprint density at radius 1 is 0.907 bits per heavy atom. The van der Waals surface area contributed by atoms with Crippen molar-refractivity contribution in [2.75, 3.05) is 5.32 Å². The molecule has 2 unspecified atom stereocenters. The van der Waals surface area contributed by atoms with Gasteiger partial charge in [-0.05, 0) is 80.6 Å². The summed E-state index contributed by atoms with van der Waals surface area (Å²) in [5.41, 5.74) is 3.16. The number of aliphatic hydroxyl groups is 2. The van der Waals surface area contributed by atoms with Gasteiger partial charge in [0.05, 0.1) is 12.2 Å². The van der Waals surface area contributed by atoms with E-state index in [9.17, 15) is 33.7 Å². The molecule has 8 nitrogen and oxygen atoms in total. The number of aromatic nitrogens is 2. The smallest absolute Gasteiger partial charge is 0.550 e. The molecule has 4 rings (SSSR count). The van der Waals surface area contributed by atoms with E-state index in [1.54, 1.807) is 48.7 Å². The van der Waals surface area contributed by atoms with Crippen molar-refractivity contribution in [2.45, 2.75) is 57.8 Å². The molecular weight excluding hydrogens is 567 g/mol. The molecule has 2 aromatic heterocycles. The van der Waals surface area contributed by atoms with Gasteiger partial charge in [-0.3, -0.25) is 4.79 Å². The van der Waals surface area contributed by atoms with Crippen molar-refractivity contribution < 1.29 is 63.2 Å². The fraction of sp³-hybridized carbons (Fsp3) is 0.281. The minimum atomic E-state index is -1.42. The Labute approximate surface area is 270 Å². The first kappa shape index (κ1) is 34.1. The van der Waals surface area contributed by atoms with E-state index in [0.29, 0.717) is 33.8 Å². The van der Waals surface area contributed by atoms with Crippen molar-refractivity contribution >= 4 is 17.7 Å². The number of rotatable bonds is 12. The molecular formula is C32H32F2N3NaO5. The Kier molecular flexibility index (Phi) is 12.2. The van der Waals surface area contributed by atoms with Crippen LogP contribution in [0.25, 0.3) is 22.3 Å². The van der Waals surface area contributed by atoms with Crippen LogP contribution in [0.3, 0.4) is 0 Å². The minimum Gasteiger partial charge on any atom is -0.550 e. The number of aliphatic hydroxyl groups excluding tert-OH is 2. The number of pyridine rings is 1. The fourth-order valence-corrected chi connectivity index (χ4v) is 5.13. The molecule has 0 aliphatic rings. The van der Waals surface area contributed by atoms with Crippen LogP contribution in [-0.4, -0.2) is 43.8 Å². The van der Waals surface area contributed by atoms with Crippen LogP contribution < -0.4 is 40.0 Å². The molecule has 0 fully saturated rings. The molecule has 0 saturated carbocycles. The summed E-state index contributed by atoms with van der Waals surface area (Å²) < 4.78 is 29.8. The zero-order valence-electron chi connectivity index (χ0n) is 24.3. The van der Waals surface area contributed by atoms with Crippen LogP contribution in [0.2, 0.25) is 0 Å². The predicted octanol–water partition coefficient (Wildman–Crippen LogP) is 1.52. The molecule has 0 spiro atoms. The van der Waals surface area contributed by atoms with Crippen LogP contribution >= 0.6 is 0 Å². The van der Waals surface area contributed by atoms with E-state index < -0.39 is 42.1 Å². The first-order chi connectivity index (χ1) is 20.0. The second-order valence-electron chi connectivity index (χ2n) is 10.4. The van der Waals surface area contributed by atoms with E-state index in [1.165, 1.54) is 24.3 Å². The predicted molar refractivity (Wildman–Crippen MR) is 152 cm³/mol. The quantitative estimate of drug-likeness (QED) is 0.212. The Morgan fingerprint density at radius 2 is 1.49 bits per heavy atom. The van der Waals surface area contributed by atoms with E-state index >= 15 is 0 Å². The Morgan fingerprint density at radius 3 is 2.00 bits per heavy atom. The number of hydrogen-bond acceptors (Lipinski definition) is 6. The van der Waals surface area contributed by atoms with Gasteiger partial charge in [0.25, 0.3) is 5.91 Å². The first-order valence-electron chi connectivity index (χ1n) is 13.6. The summed E-state index contributed by atoms with van der Waals surface area (Å²) in [4.78, 5) is 29.0. The van der Waals surface area contributed by atoms with Crippen LogP contribution in [-0.2, 0) is 11.2 Å². The van der Waals surface area contributed by atoms with Crippen LogP contribution in [0.5, 0.6) is 0 Å². The second-order valence-corrected chi connectivity index (χ2v) is 10.4. The first-order valence-corrected chi connectivity index (χ1v) is 13.6. The Bertz CT molecular complexity index is 1530. The maximum Gasteiger partial charge on any atom is 1.00 e. The van der Waals surface area contributed by atoms with Crippen molar-refractivity contribution in [1.29, 1.82) is 0 Å². The molecule has 0 saturated heterocycles. The number of carbonyl (C=O) groups excluding carboxylic acids is 2. The average molecular weight is 600 g/mol. The third kappa shape index (κ3) is 8.58. The van der Waals surface area contributed by atoms with Gasteiger partial charge in [0.15, 0.2) is 0 Å². The number of anilines is 1. The maximum absolute atomic E-state index is 14.0. The number of hydrogen-bond donors (Lipinski definition) is 3. The van der Waals surface area contributed by atoms with Gasteiger partial charge in [-0.1, -0.05) is 30.3 Å². The molecule has 3 N–H and O–H groups in total. The monoisotopic (exact) mass is 599 g/mol. The van der Waals surface area contributed by atoms with Crippen LogP contribution in [0.15, 0.2) is 72.9 Å². The van der Waals surface area contributed by atoms with Gasteiger partial charge >= 0.3 is 29.6 Å². The third-order valence-corrected chi connectivity index (χ3v) is 6.87. The summed E-state index contributed by atoms with van der Waals surface area (Å²) in [6.45, 7) is 3.79. The fourth-order valence-electron chi connectivity index (χ4n) is 5.13. The molecule has 4 aromatic rings. The summed E-state index contributed by atoms with van der Waals surface area (Å²) in [5.74, 6) is -2.47. The van der Waals surface area contributed by atoms with Crippen LogP contribution in [0, 0.1) is 11.6 Å². The zero-order valence-corrected chi connectivity index (χ0v) is 26.3.